The van der Waals surface area contributed by atoms with Crippen LogP contribution in [0.5, 0.6) is 0 Å². The molecule has 0 N–H and O–H groups in total. The smallest absolute Gasteiger partial charge is 0.230 e. The summed E-state index contributed by atoms with van der Waals surface area (Å²) in [5, 5.41) is 0. The Kier molecular flexibility index (Phi) is 4.24. The summed E-state index contributed by atoms with van der Waals surface area (Å²) >= 11 is 0. The molecule has 1 aromatic heterocycles. The minimum absolute atomic E-state index is 0.707. The molecule has 0 unspecified atom stereocenters. The quantitative estimate of drug-likeness (QED) is 0.681. The standard InChI is InChI=1S/C19H20N4/c1-22(2)16-12-10-15(11-13-16)7-6-14-20-19-21-17-8-4-5-9-18(17)23(19)3/h4-14H,1-3H3/b7-6+,20-14+. The maximum absolute atomic E-state index is 4.51. The molecule has 3 aromatic rings. The fourth-order valence-electron chi connectivity index (χ4n) is 2.40. The molecular formula is C19H20N4. The fraction of sp³-hybridized carbons (Fsp3) is 0.158. The number of allylic oxidation sites excluding steroid dienone is 1. The van der Waals surface area contributed by atoms with Crippen molar-refractivity contribution in [3.8, 4) is 0 Å². The molecule has 116 valence electrons. The minimum atomic E-state index is 0.707. The van der Waals surface area contributed by atoms with E-state index in [4.69, 9.17) is 0 Å². The molecule has 0 spiro atoms. The summed E-state index contributed by atoms with van der Waals surface area (Å²) < 4.78 is 1.99. The van der Waals surface area contributed by atoms with E-state index in [1.54, 1.807) is 6.21 Å². The first-order valence-corrected chi connectivity index (χ1v) is 7.55. The molecule has 0 fully saturated rings. The largest absolute Gasteiger partial charge is 0.378 e. The zero-order chi connectivity index (χ0) is 16.2. The van der Waals surface area contributed by atoms with Crippen LogP contribution in [0, 0.1) is 0 Å². The van der Waals surface area contributed by atoms with Crippen LogP contribution in [0.25, 0.3) is 17.1 Å². The van der Waals surface area contributed by atoms with Gasteiger partial charge in [0.2, 0.25) is 5.95 Å². The summed E-state index contributed by atoms with van der Waals surface area (Å²) in [7, 11) is 6.05. The number of nitrogens with zero attached hydrogens (tertiary/aromatic N) is 4. The van der Waals surface area contributed by atoms with Gasteiger partial charge in [0.15, 0.2) is 0 Å². The highest BCUT2D eigenvalue weighted by Crippen LogP contribution is 2.19. The average Bonchev–Trinajstić information content (AvgIpc) is 2.89. The van der Waals surface area contributed by atoms with Gasteiger partial charge in [-0.05, 0) is 35.9 Å². The van der Waals surface area contributed by atoms with Crippen LogP contribution >= 0.6 is 0 Å². The summed E-state index contributed by atoms with van der Waals surface area (Å²) in [6.07, 6.45) is 5.75. The van der Waals surface area contributed by atoms with Crippen LogP contribution in [-0.4, -0.2) is 29.9 Å². The van der Waals surface area contributed by atoms with Crippen molar-refractivity contribution < 1.29 is 0 Å². The van der Waals surface area contributed by atoms with E-state index in [9.17, 15) is 0 Å². The summed E-state index contributed by atoms with van der Waals surface area (Å²) in [5.74, 6) is 0.707. The predicted octanol–water partition coefficient (Wildman–Crippen LogP) is 4.06. The van der Waals surface area contributed by atoms with Crippen LogP contribution in [0.1, 0.15) is 5.56 Å². The van der Waals surface area contributed by atoms with Gasteiger partial charge in [0.1, 0.15) is 0 Å². The molecule has 3 rings (SSSR count). The Morgan fingerprint density at radius 3 is 2.48 bits per heavy atom. The molecule has 0 saturated carbocycles. The SMILES string of the molecule is CN(C)c1ccc(/C=C/C=N/c2nc3ccccc3n2C)cc1. The summed E-state index contributed by atoms with van der Waals surface area (Å²) in [5.41, 5.74) is 4.39. The molecule has 0 saturated heterocycles. The number of aromatic nitrogens is 2. The molecule has 0 amide bonds. The van der Waals surface area contributed by atoms with Gasteiger partial charge in [-0.1, -0.05) is 30.3 Å². The Morgan fingerprint density at radius 2 is 1.78 bits per heavy atom. The van der Waals surface area contributed by atoms with Crippen molar-refractivity contribution >= 4 is 35.0 Å². The van der Waals surface area contributed by atoms with E-state index in [1.807, 2.05) is 62.1 Å². The Balaban J connectivity index is 1.73. The Hall–Kier alpha value is -2.88. The number of hydrogen-bond donors (Lipinski definition) is 0. The van der Waals surface area contributed by atoms with Crippen LogP contribution in [0.15, 0.2) is 59.6 Å². The molecule has 0 aliphatic carbocycles. The minimum Gasteiger partial charge on any atom is -0.378 e. The van der Waals surface area contributed by atoms with Crippen molar-refractivity contribution in [1.82, 2.24) is 9.55 Å². The van der Waals surface area contributed by atoms with E-state index in [0.29, 0.717) is 5.95 Å². The van der Waals surface area contributed by atoms with Gasteiger partial charge in [0.25, 0.3) is 0 Å². The van der Waals surface area contributed by atoms with Crippen LogP contribution < -0.4 is 4.90 Å². The molecule has 1 heterocycles. The molecule has 2 aromatic carbocycles. The monoisotopic (exact) mass is 304 g/mol. The van der Waals surface area contributed by atoms with Crippen molar-refractivity contribution in [3.05, 3.63) is 60.2 Å². The van der Waals surface area contributed by atoms with Crippen molar-refractivity contribution in [2.75, 3.05) is 19.0 Å². The number of rotatable bonds is 4. The van der Waals surface area contributed by atoms with Crippen molar-refractivity contribution in [3.63, 3.8) is 0 Å². The molecule has 0 aliphatic rings. The fourth-order valence-corrected chi connectivity index (χ4v) is 2.40. The van der Waals surface area contributed by atoms with Gasteiger partial charge in [-0.3, -0.25) is 0 Å². The third-order valence-electron chi connectivity index (χ3n) is 3.74. The van der Waals surface area contributed by atoms with E-state index >= 15 is 0 Å². The summed E-state index contributed by atoms with van der Waals surface area (Å²) in [6, 6.07) is 16.4. The van der Waals surface area contributed by atoms with Crippen LogP contribution in [0.3, 0.4) is 0 Å². The molecule has 4 heteroatoms. The van der Waals surface area contributed by atoms with Crippen LogP contribution in [0.4, 0.5) is 11.6 Å². The summed E-state index contributed by atoms with van der Waals surface area (Å²) in [6.45, 7) is 0. The van der Waals surface area contributed by atoms with Crippen LogP contribution in [-0.2, 0) is 7.05 Å². The van der Waals surface area contributed by atoms with Gasteiger partial charge in [-0.15, -0.1) is 0 Å². The lowest BCUT2D eigenvalue weighted by molar-refractivity contribution is 0.945. The van der Waals surface area contributed by atoms with Crippen molar-refractivity contribution in [2.24, 2.45) is 12.0 Å². The molecule has 0 atom stereocenters. The Bertz CT molecular complexity index is 855. The van der Waals surface area contributed by atoms with Crippen molar-refractivity contribution in [1.29, 1.82) is 0 Å². The lowest BCUT2D eigenvalue weighted by atomic mass is 10.2. The van der Waals surface area contributed by atoms with Crippen molar-refractivity contribution in [2.45, 2.75) is 0 Å². The van der Waals surface area contributed by atoms with Gasteiger partial charge in [0, 0.05) is 33.0 Å². The number of anilines is 1. The van der Waals surface area contributed by atoms with Gasteiger partial charge in [-0.25, -0.2) is 9.98 Å². The maximum atomic E-state index is 4.51. The first-order chi connectivity index (χ1) is 11.1. The molecule has 0 radical (unpaired) electrons. The van der Waals surface area contributed by atoms with E-state index in [1.165, 1.54) is 5.69 Å². The number of aryl methyl sites for hydroxylation is 1. The van der Waals surface area contributed by atoms with Gasteiger partial charge < -0.3 is 9.47 Å². The Morgan fingerprint density at radius 1 is 1.04 bits per heavy atom. The average molecular weight is 304 g/mol. The van der Waals surface area contributed by atoms with Gasteiger partial charge in [0.05, 0.1) is 11.0 Å². The normalized spacial score (nSPS) is 11.8. The first kappa shape index (κ1) is 15.0. The zero-order valence-electron chi connectivity index (χ0n) is 13.6. The lowest BCUT2D eigenvalue weighted by Gasteiger charge is -2.11. The third-order valence-corrected chi connectivity index (χ3v) is 3.74. The number of benzene rings is 2. The molecular weight excluding hydrogens is 284 g/mol. The van der Waals surface area contributed by atoms with Crippen LogP contribution in [0.2, 0.25) is 0 Å². The lowest BCUT2D eigenvalue weighted by Crippen LogP contribution is -2.07. The Labute approximate surface area is 136 Å². The van der Waals surface area contributed by atoms with E-state index in [2.05, 4.69) is 39.1 Å². The second kappa shape index (κ2) is 6.48. The second-order valence-corrected chi connectivity index (χ2v) is 5.58. The predicted molar refractivity (Wildman–Crippen MR) is 98.7 cm³/mol. The highest BCUT2D eigenvalue weighted by Gasteiger charge is 2.03. The third kappa shape index (κ3) is 3.31. The summed E-state index contributed by atoms with van der Waals surface area (Å²) in [4.78, 5) is 11.0. The number of aliphatic imine (C=N–C) groups is 1. The second-order valence-electron chi connectivity index (χ2n) is 5.58. The molecule has 0 aliphatic heterocycles. The maximum Gasteiger partial charge on any atom is 0.230 e. The number of imidazole rings is 1. The van der Waals surface area contributed by atoms with E-state index < -0.39 is 0 Å². The first-order valence-electron chi connectivity index (χ1n) is 7.55. The number of hydrogen-bond acceptors (Lipinski definition) is 3. The molecule has 23 heavy (non-hydrogen) atoms. The highest BCUT2D eigenvalue weighted by molar-refractivity contribution is 5.82. The number of fused-ring (bicyclic) bond motifs is 1. The zero-order valence-corrected chi connectivity index (χ0v) is 13.6. The van der Waals surface area contributed by atoms with E-state index in [-0.39, 0.29) is 0 Å². The van der Waals surface area contributed by atoms with E-state index in [0.717, 1.165) is 16.6 Å². The molecule has 4 nitrogen and oxygen atoms in total. The number of para-hydroxylation sites is 2. The molecule has 0 bridgehead atoms. The van der Waals surface area contributed by atoms with Gasteiger partial charge >= 0.3 is 0 Å². The highest BCUT2D eigenvalue weighted by atomic mass is 15.2. The van der Waals surface area contributed by atoms with Gasteiger partial charge in [-0.2, -0.15) is 0 Å². The topological polar surface area (TPSA) is 33.4 Å².